The lowest BCUT2D eigenvalue weighted by Gasteiger charge is -2.17. The lowest BCUT2D eigenvalue weighted by atomic mass is 10.1. The van der Waals surface area contributed by atoms with Crippen LogP contribution in [0.3, 0.4) is 0 Å². The molecule has 0 saturated carbocycles. The Kier molecular flexibility index (Phi) is 6.04. The summed E-state index contributed by atoms with van der Waals surface area (Å²) in [6, 6.07) is 19.1. The topological polar surface area (TPSA) is 61.9 Å². The third-order valence-electron chi connectivity index (χ3n) is 4.26. The fourth-order valence-electron chi connectivity index (χ4n) is 2.87. The Labute approximate surface area is 161 Å². The summed E-state index contributed by atoms with van der Waals surface area (Å²) in [5.74, 6) is 1.37. The smallest absolute Gasteiger partial charge is 0.229 e. The normalized spacial score (nSPS) is 12.0. The van der Waals surface area contributed by atoms with Crippen molar-refractivity contribution in [2.24, 2.45) is 0 Å². The van der Waals surface area contributed by atoms with Crippen molar-refractivity contribution in [3.63, 3.8) is 0 Å². The highest BCUT2D eigenvalue weighted by molar-refractivity contribution is 5.62. The molecule has 140 valence electrons. The van der Waals surface area contributed by atoms with Crippen molar-refractivity contribution < 1.29 is 0 Å². The summed E-state index contributed by atoms with van der Waals surface area (Å²) in [5, 5.41) is 10.1. The molecule has 0 radical (unpaired) electrons. The van der Waals surface area contributed by atoms with Gasteiger partial charge in [0.15, 0.2) is 0 Å². The first-order chi connectivity index (χ1) is 13.0. The Morgan fingerprint density at radius 3 is 2.15 bits per heavy atom. The minimum Gasteiger partial charge on any atom is -0.340 e. The maximum atomic E-state index is 4.61. The number of aromatic nitrogens is 2. The molecule has 5 heteroatoms. The third-order valence-corrected chi connectivity index (χ3v) is 4.26. The molecule has 3 rings (SSSR count). The van der Waals surface area contributed by atoms with Crippen molar-refractivity contribution in [2.75, 3.05) is 10.6 Å². The lowest BCUT2D eigenvalue weighted by Crippen LogP contribution is -2.25. The van der Waals surface area contributed by atoms with Gasteiger partial charge in [0.05, 0.1) is 0 Å². The molecule has 0 aliphatic rings. The average Bonchev–Trinajstić information content (AvgIpc) is 2.65. The molecular weight excluding hydrogens is 334 g/mol. The maximum Gasteiger partial charge on any atom is 0.229 e. The molecule has 27 heavy (non-hydrogen) atoms. The predicted octanol–water partition coefficient (Wildman–Crippen LogP) is 5.33. The van der Waals surface area contributed by atoms with Gasteiger partial charge in [0.25, 0.3) is 0 Å². The van der Waals surface area contributed by atoms with E-state index >= 15 is 0 Å². The maximum absolute atomic E-state index is 4.61. The number of anilines is 4. The van der Waals surface area contributed by atoms with Crippen LogP contribution in [0.1, 0.15) is 37.9 Å². The molecule has 0 aliphatic carbocycles. The molecule has 1 atom stereocenters. The second-order valence-corrected chi connectivity index (χ2v) is 7.01. The van der Waals surface area contributed by atoms with Gasteiger partial charge in [0.1, 0.15) is 5.82 Å². The minimum absolute atomic E-state index is 0.316. The summed E-state index contributed by atoms with van der Waals surface area (Å²) >= 11 is 0. The fraction of sp³-hybridized carbons (Fsp3) is 0.273. The number of hydrogen-bond acceptors (Lipinski definition) is 5. The monoisotopic (exact) mass is 361 g/mol. The predicted molar refractivity (Wildman–Crippen MR) is 113 cm³/mol. The molecule has 3 N–H and O–H groups in total. The van der Waals surface area contributed by atoms with Crippen LogP contribution in [0.4, 0.5) is 23.1 Å². The fourth-order valence-corrected chi connectivity index (χ4v) is 2.87. The van der Waals surface area contributed by atoms with Crippen molar-refractivity contribution in [1.29, 1.82) is 0 Å². The summed E-state index contributed by atoms with van der Waals surface area (Å²) < 4.78 is 0. The van der Waals surface area contributed by atoms with Crippen LogP contribution in [-0.2, 0) is 0 Å². The zero-order chi connectivity index (χ0) is 19.2. The molecule has 5 nitrogen and oxygen atoms in total. The van der Waals surface area contributed by atoms with Gasteiger partial charge in [-0.1, -0.05) is 44.2 Å². The van der Waals surface area contributed by atoms with E-state index in [4.69, 9.17) is 0 Å². The van der Waals surface area contributed by atoms with Crippen LogP contribution in [0, 0.1) is 6.92 Å². The highest BCUT2D eigenvalue weighted by Crippen LogP contribution is 2.22. The number of rotatable bonds is 7. The molecule has 2 aromatic carbocycles. The minimum atomic E-state index is 0.316. The highest BCUT2D eigenvalue weighted by atomic mass is 15.1. The van der Waals surface area contributed by atoms with Crippen LogP contribution >= 0.6 is 0 Å². The van der Waals surface area contributed by atoms with Crippen molar-refractivity contribution in [2.45, 2.75) is 39.8 Å². The van der Waals surface area contributed by atoms with Gasteiger partial charge in [-0.05, 0) is 43.7 Å². The van der Waals surface area contributed by atoms with E-state index in [1.54, 1.807) is 0 Å². The largest absolute Gasteiger partial charge is 0.340 e. The van der Waals surface area contributed by atoms with E-state index < -0.39 is 0 Å². The molecule has 0 saturated heterocycles. The standard InChI is InChI=1S/C22H27N5/c1-15(2)24-17(4)18-10-12-20(13-11-18)26-22-23-14-16(3)21(27-22)25-19-8-6-5-7-9-19/h5-15,17,24H,1-4H3,(H2,23,25,26,27). The Morgan fingerprint density at radius 2 is 1.48 bits per heavy atom. The van der Waals surface area contributed by atoms with Gasteiger partial charge >= 0.3 is 0 Å². The van der Waals surface area contributed by atoms with Crippen LogP contribution in [0.2, 0.25) is 0 Å². The van der Waals surface area contributed by atoms with Crippen LogP contribution in [0.15, 0.2) is 60.8 Å². The van der Waals surface area contributed by atoms with Crippen LogP contribution < -0.4 is 16.0 Å². The second kappa shape index (κ2) is 8.64. The summed E-state index contributed by atoms with van der Waals surface area (Å²) in [5.41, 5.74) is 4.21. The zero-order valence-corrected chi connectivity index (χ0v) is 16.3. The van der Waals surface area contributed by atoms with E-state index in [0.717, 1.165) is 22.8 Å². The van der Waals surface area contributed by atoms with Crippen LogP contribution in [-0.4, -0.2) is 16.0 Å². The van der Waals surface area contributed by atoms with Gasteiger partial charge in [-0.2, -0.15) is 4.98 Å². The number of hydrogen-bond donors (Lipinski definition) is 3. The summed E-state index contributed by atoms with van der Waals surface area (Å²) in [6.45, 7) is 8.48. The van der Waals surface area contributed by atoms with Gasteiger partial charge in [0, 0.05) is 35.2 Å². The molecule has 1 aromatic heterocycles. The molecule has 1 heterocycles. The van der Waals surface area contributed by atoms with Crippen LogP contribution in [0.5, 0.6) is 0 Å². The third kappa shape index (κ3) is 5.28. The van der Waals surface area contributed by atoms with Crippen molar-refractivity contribution >= 4 is 23.1 Å². The Hall–Kier alpha value is -2.92. The SMILES string of the molecule is Cc1cnc(Nc2ccc(C(C)NC(C)C)cc2)nc1Nc1ccccc1. The molecule has 0 spiro atoms. The van der Waals surface area contributed by atoms with Crippen LogP contribution in [0.25, 0.3) is 0 Å². The molecular formula is C22H27N5. The van der Waals surface area contributed by atoms with Gasteiger partial charge in [0.2, 0.25) is 5.95 Å². The first kappa shape index (κ1) is 18.9. The number of para-hydroxylation sites is 1. The quantitative estimate of drug-likeness (QED) is 0.531. The number of benzene rings is 2. The van der Waals surface area contributed by atoms with E-state index in [-0.39, 0.29) is 0 Å². The second-order valence-electron chi connectivity index (χ2n) is 7.01. The Morgan fingerprint density at radius 1 is 0.815 bits per heavy atom. The first-order valence-electron chi connectivity index (χ1n) is 9.30. The van der Waals surface area contributed by atoms with Crippen molar-refractivity contribution in [3.05, 3.63) is 71.9 Å². The molecule has 3 aromatic rings. The zero-order valence-electron chi connectivity index (χ0n) is 16.3. The van der Waals surface area contributed by atoms with Gasteiger partial charge in [-0.15, -0.1) is 0 Å². The summed E-state index contributed by atoms with van der Waals surface area (Å²) in [6.07, 6.45) is 1.82. The Bertz CT molecular complexity index is 860. The van der Waals surface area contributed by atoms with E-state index in [9.17, 15) is 0 Å². The van der Waals surface area contributed by atoms with E-state index in [1.807, 2.05) is 43.5 Å². The van der Waals surface area contributed by atoms with Crippen molar-refractivity contribution in [1.82, 2.24) is 15.3 Å². The molecule has 1 unspecified atom stereocenters. The highest BCUT2D eigenvalue weighted by Gasteiger charge is 2.08. The Balaban J connectivity index is 1.71. The van der Waals surface area contributed by atoms with E-state index in [1.165, 1.54) is 5.56 Å². The van der Waals surface area contributed by atoms with Gasteiger partial charge in [-0.3, -0.25) is 0 Å². The molecule has 0 bridgehead atoms. The number of aryl methyl sites for hydroxylation is 1. The summed E-state index contributed by atoms with van der Waals surface area (Å²) in [7, 11) is 0. The molecule has 0 fully saturated rings. The molecule has 0 amide bonds. The number of nitrogens with zero attached hydrogens (tertiary/aromatic N) is 2. The molecule has 0 aliphatic heterocycles. The van der Waals surface area contributed by atoms with Gasteiger partial charge in [-0.25, -0.2) is 4.98 Å². The number of nitrogens with one attached hydrogen (secondary N) is 3. The lowest BCUT2D eigenvalue weighted by molar-refractivity contribution is 0.506. The van der Waals surface area contributed by atoms with E-state index in [2.05, 4.69) is 71.0 Å². The van der Waals surface area contributed by atoms with Gasteiger partial charge < -0.3 is 16.0 Å². The van der Waals surface area contributed by atoms with Crippen molar-refractivity contribution in [3.8, 4) is 0 Å². The van der Waals surface area contributed by atoms with E-state index in [0.29, 0.717) is 18.0 Å². The average molecular weight is 361 g/mol. The summed E-state index contributed by atoms with van der Waals surface area (Å²) in [4.78, 5) is 9.01. The first-order valence-corrected chi connectivity index (χ1v) is 9.30.